The van der Waals surface area contributed by atoms with Gasteiger partial charge in [-0.1, -0.05) is 30.3 Å². The number of nitrogens with zero attached hydrogens (tertiary/aromatic N) is 3. The third-order valence-corrected chi connectivity index (χ3v) is 5.30. The molecule has 3 heterocycles. The molecular weight excluding hydrogens is 346 g/mol. The van der Waals surface area contributed by atoms with E-state index in [1.807, 2.05) is 35.2 Å². The van der Waals surface area contributed by atoms with Crippen LogP contribution < -0.4 is 0 Å². The molecule has 1 unspecified atom stereocenters. The van der Waals surface area contributed by atoms with E-state index in [4.69, 9.17) is 9.47 Å². The van der Waals surface area contributed by atoms with Crippen LogP contribution in [0.25, 0.3) is 0 Å². The highest BCUT2D eigenvalue weighted by atomic mass is 16.7. The predicted octanol–water partition coefficient (Wildman–Crippen LogP) is 1.78. The summed E-state index contributed by atoms with van der Waals surface area (Å²) in [4.78, 5) is 27.1. The highest BCUT2D eigenvalue weighted by molar-refractivity contribution is 6.39. The molecule has 1 atom stereocenters. The Morgan fingerprint density at radius 1 is 1.15 bits per heavy atom. The van der Waals surface area contributed by atoms with Crippen molar-refractivity contribution < 1.29 is 19.1 Å². The minimum atomic E-state index is -0.204. The number of likely N-dealkylation sites (tertiary alicyclic amines) is 1. The van der Waals surface area contributed by atoms with Gasteiger partial charge in [0, 0.05) is 31.8 Å². The fraction of sp³-hybridized carbons (Fsp3) is 0.550. The van der Waals surface area contributed by atoms with Gasteiger partial charge in [-0.05, 0) is 18.4 Å². The fourth-order valence-corrected chi connectivity index (χ4v) is 3.88. The van der Waals surface area contributed by atoms with Gasteiger partial charge < -0.3 is 14.4 Å². The number of carbonyl (C=O) groups excluding carboxylic acids is 2. The molecule has 27 heavy (non-hydrogen) atoms. The first kappa shape index (κ1) is 18.1. The van der Waals surface area contributed by atoms with E-state index in [0.717, 1.165) is 18.4 Å². The van der Waals surface area contributed by atoms with Crippen LogP contribution in [0, 0.1) is 5.92 Å². The summed E-state index contributed by atoms with van der Waals surface area (Å²) in [7, 11) is 0. The molecule has 0 radical (unpaired) electrons. The van der Waals surface area contributed by atoms with E-state index >= 15 is 0 Å². The summed E-state index contributed by atoms with van der Waals surface area (Å²) in [5.41, 5.74) is 1.47. The molecule has 7 heteroatoms. The van der Waals surface area contributed by atoms with Crippen molar-refractivity contribution >= 4 is 17.5 Å². The van der Waals surface area contributed by atoms with Crippen LogP contribution >= 0.6 is 0 Å². The molecule has 2 fully saturated rings. The van der Waals surface area contributed by atoms with E-state index in [1.54, 1.807) is 0 Å². The lowest BCUT2D eigenvalue weighted by Crippen LogP contribution is -2.47. The number of ether oxygens (including phenoxy) is 2. The van der Waals surface area contributed by atoms with Gasteiger partial charge in [0.1, 0.15) is 5.71 Å². The quantitative estimate of drug-likeness (QED) is 0.809. The highest BCUT2D eigenvalue weighted by Crippen LogP contribution is 2.26. The van der Waals surface area contributed by atoms with Gasteiger partial charge in [-0.2, -0.15) is 5.10 Å². The van der Waals surface area contributed by atoms with E-state index in [2.05, 4.69) is 5.10 Å². The first-order chi connectivity index (χ1) is 13.2. The molecule has 2 amide bonds. The normalized spacial score (nSPS) is 24.2. The fourth-order valence-electron chi connectivity index (χ4n) is 3.88. The first-order valence-corrected chi connectivity index (χ1v) is 9.65. The van der Waals surface area contributed by atoms with Gasteiger partial charge >= 0.3 is 0 Å². The lowest BCUT2D eigenvalue weighted by molar-refractivity contribution is -0.134. The Balaban J connectivity index is 1.43. The first-order valence-electron chi connectivity index (χ1n) is 9.65. The van der Waals surface area contributed by atoms with E-state index < -0.39 is 0 Å². The molecule has 0 saturated carbocycles. The molecular formula is C20H25N3O4. The summed E-state index contributed by atoms with van der Waals surface area (Å²) in [6.07, 6.45) is 2.45. The predicted molar refractivity (Wildman–Crippen MR) is 98.7 cm³/mol. The van der Waals surface area contributed by atoms with E-state index in [1.165, 1.54) is 5.01 Å². The van der Waals surface area contributed by atoms with Crippen LogP contribution in [-0.2, 0) is 25.6 Å². The summed E-state index contributed by atoms with van der Waals surface area (Å²) in [6, 6.07) is 9.71. The van der Waals surface area contributed by atoms with E-state index in [0.29, 0.717) is 51.4 Å². The summed E-state index contributed by atoms with van der Waals surface area (Å²) in [5, 5.41) is 5.83. The molecule has 0 spiro atoms. The molecule has 2 saturated heterocycles. The second kappa shape index (κ2) is 8.19. The number of hydrogen-bond acceptors (Lipinski definition) is 5. The maximum Gasteiger partial charge on any atom is 0.270 e. The van der Waals surface area contributed by atoms with Crippen molar-refractivity contribution in [3.05, 3.63) is 35.9 Å². The van der Waals surface area contributed by atoms with Gasteiger partial charge in [0.15, 0.2) is 6.29 Å². The molecule has 0 bridgehead atoms. The monoisotopic (exact) mass is 371 g/mol. The molecule has 3 aliphatic rings. The molecule has 1 aromatic rings. The number of hydrazone groups is 1. The Hall–Kier alpha value is -2.25. The third-order valence-electron chi connectivity index (χ3n) is 5.30. The molecule has 1 aromatic carbocycles. The number of amides is 2. The van der Waals surface area contributed by atoms with E-state index in [9.17, 15) is 9.59 Å². The second-order valence-corrected chi connectivity index (χ2v) is 7.25. The maximum atomic E-state index is 13.0. The average Bonchev–Trinajstić information content (AvgIpc) is 3.25. The number of piperidine rings is 1. The Morgan fingerprint density at radius 2 is 1.93 bits per heavy atom. The van der Waals surface area contributed by atoms with Gasteiger partial charge in [-0.3, -0.25) is 9.59 Å². The van der Waals surface area contributed by atoms with E-state index in [-0.39, 0.29) is 24.0 Å². The van der Waals surface area contributed by atoms with Gasteiger partial charge in [0.2, 0.25) is 5.91 Å². The summed E-state index contributed by atoms with van der Waals surface area (Å²) in [5.74, 6) is 0.0967. The topological polar surface area (TPSA) is 71.4 Å². The number of rotatable bonds is 4. The van der Waals surface area contributed by atoms with Crippen LogP contribution in [0.3, 0.4) is 0 Å². The molecule has 3 aliphatic heterocycles. The van der Waals surface area contributed by atoms with Crippen molar-refractivity contribution in [2.45, 2.75) is 38.5 Å². The van der Waals surface area contributed by atoms with Crippen LogP contribution in [0.5, 0.6) is 0 Å². The van der Waals surface area contributed by atoms with Gasteiger partial charge in [0.05, 0.1) is 19.8 Å². The standard InChI is InChI=1S/C20H25N3O4/c24-18-9-8-17(21-23(18)13-15-5-2-1-3-6-15)19(25)22-10-4-7-16(14-22)20-26-11-12-27-20/h1-3,5-6,16,20H,4,7-14H2. The maximum absolute atomic E-state index is 13.0. The van der Waals surface area contributed by atoms with Crippen LogP contribution in [0.4, 0.5) is 0 Å². The highest BCUT2D eigenvalue weighted by Gasteiger charge is 2.35. The van der Waals surface area contributed by atoms with Gasteiger partial charge in [-0.25, -0.2) is 5.01 Å². The van der Waals surface area contributed by atoms with Crippen molar-refractivity contribution in [1.82, 2.24) is 9.91 Å². The Kier molecular flexibility index (Phi) is 5.50. The number of carbonyl (C=O) groups is 2. The van der Waals surface area contributed by atoms with Crippen molar-refractivity contribution in [1.29, 1.82) is 0 Å². The summed E-state index contributed by atoms with van der Waals surface area (Å²) >= 11 is 0. The van der Waals surface area contributed by atoms with Crippen molar-refractivity contribution in [2.75, 3.05) is 26.3 Å². The Morgan fingerprint density at radius 3 is 2.70 bits per heavy atom. The van der Waals surface area contributed by atoms with Crippen molar-refractivity contribution in [3.63, 3.8) is 0 Å². The minimum absolute atomic E-state index is 0.0420. The smallest absolute Gasteiger partial charge is 0.270 e. The Labute approximate surface area is 158 Å². The number of benzene rings is 1. The van der Waals surface area contributed by atoms with Crippen molar-refractivity contribution in [2.24, 2.45) is 11.0 Å². The minimum Gasteiger partial charge on any atom is -0.350 e. The molecule has 4 rings (SSSR count). The Bertz CT molecular complexity index is 715. The summed E-state index contributed by atoms with van der Waals surface area (Å²) in [6.45, 7) is 2.97. The van der Waals surface area contributed by atoms with Crippen molar-refractivity contribution in [3.8, 4) is 0 Å². The second-order valence-electron chi connectivity index (χ2n) is 7.25. The van der Waals surface area contributed by atoms with Crippen LogP contribution in [0.1, 0.15) is 31.2 Å². The molecule has 7 nitrogen and oxygen atoms in total. The van der Waals surface area contributed by atoms with Crippen LogP contribution in [0.15, 0.2) is 35.4 Å². The van der Waals surface area contributed by atoms with Crippen LogP contribution in [-0.4, -0.2) is 60.0 Å². The largest absolute Gasteiger partial charge is 0.350 e. The third kappa shape index (κ3) is 4.20. The summed E-state index contributed by atoms with van der Waals surface area (Å²) < 4.78 is 11.2. The lowest BCUT2D eigenvalue weighted by Gasteiger charge is -2.35. The molecule has 0 aromatic heterocycles. The number of hydrogen-bond donors (Lipinski definition) is 0. The zero-order chi connectivity index (χ0) is 18.6. The SMILES string of the molecule is O=C(C1=NN(Cc2ccccc2)C(=O)CC1)N1CCCC(C2OCCO2)C1. The zero-order valence-electron chi connectivity index (χ0n) is 15.4. The zero-order valence-corrected chi connectivity index (χ0v) is 15.4. The van der Waals surface area contributed by atoms with Gasteiger partial charge in [-0.15, -0.1) is 0 Å². The van der Waals surface area contributed by atoms with Crippen LogP contribution in [0.2, 0.25) is 0 Å². The van der Waals surface area contributed by atoms with Gasteiger partial charge in [0.25, 0.3) is 5.91 Å². The average molecular weight is 371 g/mol. The molecule has 144 valence electrons. The molecule has 0 N–H and O–H groups in total. The molecule has 0 aliphatic carbocycles. The lowest BCUT2D eigenvalue weighted by atomic mass is 9.96.